The van der Waals surface area contributed by atoms with Crippen LogP contribution in [-0.4, -0.2) is 30.4 Å². The number of carbonyl (C=O) groups is 2. The topological polar surface area (TPSA) is 83.4 Å². The maximum absolute atomic E-state index is 13.8. The number of furan rings is 1. The van der Waals surface area contributed by atoms with Gasteiger partial charge in [-0.2, -0.15) is 0 Å². The van der Waals surface area contributed by atoms with Crippen molar-refractivity contribution >= 4 is 11.8 Å². The lowest BCUT2D eigenvalue weighted by Gasteiger charge is -2.37. The summed E-state index contributed by atoms with van der Waals surface area (Å²) in [5, 5.41) is 8.71. The summed E-state index contributed by atoms with van der Waals surface area (Å²) in [5.74, 6) is -1.32. The lowest BCUT2D eigenvalue weighted by Crippen LogP contribution is -2.62. The van der Waals surface area contributed by atoms with Crippen LogP contribution in [0.2, 0.25) is 0 Å². The van der Waals surface area contributed by atoms with Crippen LogP contribution in [0.1, 0.15) is 30.6 Å². The van der Waals surface area contributed by atoms with Crippen molar-refractivity contribution in [1.82, 2.24) is 16.0 Å². The molecule has 6 nitrogen and oxygen atoms in total. The number of hydrogen-bond acceptors (Lipinski definition) is 4. The molecule has 1 saturated heterocycles. The first-order chi connectivity index (χ1) is 13.5. The Morgan fingerprint density at radius 3 is 2.64 bits per heavy atom. The predicted octanol–water partition coefficient (Wildman–Crippen LogP) is 2.05. The van der Waals surface area contributed by atoms with E-state index in [0.29, 0.717) is 38.1 Å². The van der Waals surface area contributed by atoms with E-state index in [1.165, 1.54) is 6.07 Å². The highest BCUT2D eigenvalue weighted by Crippen LogP contribution is 2.20. The number of nitrogens with one attached hydrogen (secondary N) is 3. The first-order valence-corrected chi connectivity index (χ1v) is 9.25. The van der Waals surface area contributed by atoms with E-state index in [1.807, 2.05) is 0 Å². The first kappa shape index (κ1) is 20.0. The molecule has 0 radical (unpaired) electrons. The Hall–Kier alpha value is -2.74. The minimum absolute atomic E-state index is 0.0810. The molecule has 1 aromatic carbocycles. The lowest BCUT2D eigenvalue weighted by molar-refractivity contribution is -0.135. The van der Waals surface area contributed by atoms with Gasteiger partial charge in [-0.3, -0.25) is 9.59 Å². The Morgan fingerprint density at radius 1 is 1.18 bits per heavy atom. The molecule has 0 atom stereocenters. The van der Waals surface area contributed by atoms with Gasteiger partial charge in [-0.1, -0.05) is 6.07 Å². The Labute approximate surface area is 161 Å². The molecule has 2 amide bonds. The summed E-state index contributed by atoms with van der Waals surface area (Å²) in [6, 6.07) is 6.75. The molecule has 2 aromatic rings. The van der Waals surface area contributed by atoms with Gasteiger partial charge in [0.05, 0.1) is 6.26 Å². The van der Waals surface area contributed by atoms with E-state index >= 15 is 0 Å². The summed E-state index contributed by atoms with van der Waals surface area (Å²) in [6.07, 6.45) is 3.04. The van der Waals surface area contributed by atoms with Crippen molar-refractivity contribution in [3.8, 4) is 0 Å². The second-order valence-corrected chi connectivity index (χ2v) is 6.88. The third kappa shape index (κ3) is 4.95. The number of aryl methyl sites for hydroxylation is 1. The largest absolute Gasteiger partial charge is 0.469 e. The van der Waals surface area contributed by atoms with Gasteiger partial charge < -0.3 is 20.4 Å². The Balaban J connectivity index is 1.62. The van der Waals surface area contributed by atoms with Crippen molar-refractivity contribution in [2.75, 3.05) is 13.1 Å². The number of amides is 2. The fourth-order valence-electron chi connectivity index (χ4n) is 3.29. The van der Waals surface area contributed by atoms with Crippen LogP contribution in [0.4, 0.5) is 8.78 Å². The van der Waals surface area contributed by atoms with E-state index in [0.717, 1.165) is 12.1 Å². The van der Waals surface area contributed by atoms with Crippen LogP contribution in [0.3, 0.4) is 0 Å². The molecule has 1 aromatic heterocycles. The number of piperidine rings is 1. The van der Waals surface area contributed by atoms with Gasteiger partial charge in [0.15, 0.2) is 0 Å². The van der Waals surface area contributed by atoms with Crippen LogP contribution in [0.5, 0.6) is 0 Å². The smallest absolute Gasteiger partial charge is 0.246 e. The average Bonchev–Trinajstić information content (AvgIpc) is 3.20. The summed E-state index contributed by atoms with van der Waals surface area (Å²) in [6.45, 7) is 1.08. The minimum Gasteiger partial charge on any atom is -0.469 e. The number of rotatable bonds is 7. The summed E-state index contributed by atoms with van der Waals surface area (Å²) < 4.78 is 32.1. The van der Waals surface area contributed by atoms with Gasteiger partial charge in [-0.25, -0.2) is 8.78 Å². The zero-order chi connectivity index (χ0) is 20.0. The van der Waals surface area contributed by atoms with Crippen LogP contribution in [-0.2, 0) is 22.6 Å². The van der Waals surface area contributed by atoms with E-state index in [-0.39, 0.29) is 30.3 Å². The highest BCUT2D eigenvalue weighted by molar-refractivity contribution is 5.91. The molecule has 0 unspecified atom stereocenters. The van der Waals surface area contributed by atoms with Gasteiger partial charge in [0.25, 0.3) is 0 Å². The van der Waals surface area contributed by atoms with E-state index in [9.17, 15) is 18.4 Å². The zero-order valence-corrected chi connectivity index (χ0v) is 15.4. The van der Waals surface area contributed by atoms with Gasteiger partial charge in [-0.15, -0.1) is 0 Å². The van der Waals surface area contributed by atoms with Crippen LogP contribution >= 0.6 is 0 Å². The van der Waals surface area contributed by atoms with Crippen LogP contribution in [0.25, 0.3) is 0 Å². The van der Waals surface area contributed by atoms with Crippen molar-refractivity contribution < 1.29 is 22.8 Å². The maximum Gasteiger partial charge on any atom is 0.246 e. The Morgan fingerprint density at radius 2 is 1.96 bits per heavy atom. The Bertz CT molecular complexity index is 818. The lowest BCUT2D eigenvalue weighted by atomic mass is 9.86. The summed E-state index contributed by atoms with van der Waals surface area (Å²) >= 11 is 0. The fraction of sp³-hybridized carbons (Fsp3) is 0.400. The third-order valence-corrected chi connectivity index (χ3v) is 4.90. The molecular formula is C20H23F2N3O3. The van der Waals surface area contributed by atoms with E-state index < -0.39 is 17.2 Å². The van der Waals surface area contributed by atoms with Crippen molar-refractivity contribution in [3.63, 3.8) is 0 Å². The third-order valence-electron chi connectivity index (χ3n) is 4.90. The van der Waals surface area contributed by atoms with Crippen molar-refractivity contribution in [2.45, 2.75) is 37.8 Å². The van der Waals surface area contributed by atoms with Crippen molar-refractivity contribution in [1.29, 1.82) is 0 Å². The number of carbonyl (C=O) groups excluding carboxylic acids is 2. The second kappa shape index (κ2) is 8.97. The highest BCUT2D eigenvalue weighted by Gasteiger charge is 2.40. The molecule has 0 bridgehead atoms. The van der Waals surface area contributed by atoms with Gasteiger partial charge in [0.2, 0.25) is 11.8 Å². The zero-order valence-electron chi connectivity index (χ0n) is 15.4. The molecule has 2 heterocycles. The summed E-state index contributed by atoms with van der Waals surface area (Å²) in [4.78, 5) is 25.3. The number of halogens is 2. The molecule has 0 saturated carbocycles. The number of hydrogen-bond donors (Lipinski definition) is 3. The molecule has 3 rings (SSSR count). The predicted molar refractivity (Wildman–Crippen MR) is 98.2 cm³/mol. The van der Waals surface area contributed by atoms with Gasteiger partial charge in [0, 0.05) is 31.0 Å². The molecule has 3 N–H and O–H groups in total. The molecule has 0 aliphatic carbocycles. The van der Waals surface area contributed by atoms with Crippen molar-refractivity contribution in [3.05, 3.63) is 59.6 Å². The van der Waals surface area contributed by atoms with Crippen LogP contribution in [0.15, 0.2) is 41.0 Å². The Kier molecular flexibility index (Phi) is 6.41. The fourth-order valence-corrected chi connectivity index (χ4v) is 3.29. The van der Waals surface area contributed by atoms with E-state index in [4.69, 9.17) is 4.42 Å². The number of benzene rings is 1. The average molecular weight is 391 g/mol. The summed E-state index contributed by atoms with van der Waals surface area (Å²) in [5.41, 5.74) is -0.870. The molecule has 28 heavy (non-hydrogen) atoms. The molecular weight excluding hydrogens is 368 g/mol. The van der Waals surface area contributed by atoms with Gasteiger partial charge in [0.1, 0.15) is 22.9 Å². The molecule has 0 spiro atoms. The minimum atomic E-state index is -1.05. The second-order valence-electron chi connectivity index (χ2n) is 6.88. The van der Waals surface area contributed by atoms with E-state index in [2.05, 4.69) is 16.0 Å². The molecule has 1 fully saturated rings. The molecule has 1 aliphatic rings. The van der Waals surface area contributed by atoms with Crippen molar-refractivity contribution in [2.24, 2.45) is 0 Å². The molecule has 8 heteroatoms. The quantitative estimate of drug-likeness (QED) is 0.675. The molecule has 1 aliphatic heterocycles. The standard InChI is InChI=1S/C20H23F2N3O3/c21-15-4-3-14(17(22)12-15)13-24-19(27)20(7-9-23-10-8-20)25-18(26)6-5-16-2-1-11-28-16/h1-4,11-12,23H,5-10,13H2,(H,24,27)(H,25,26). The maximum atomic E-state index is 13.8. The highest BCUT2D eigenvalue weighted by atomic mass is 19.1. The van der Waals surface area contributed by atoms with E-state index in [1.54, 1.807) is 18.4 Å². The SMILES string of the molecule is O=C(CCc1ccco1)NC1(C(=O)NCc2ccc(F)cc2F)CCNCC1. The monoisotopic (exact) mass is 391 g/mol. The van der Waals surface area contributed by atoms with Crippen LogP contribution in [0, 0.1) is 11.6 Å². The molecule has 150 valence electrons. The van der Waals surface area contributed by atoms with Gasteiger partial charge >= 0.3 is 0 Å². The summed E-state index contributed by atoms with van der Waals surface area (Å²) in [7, 11) is 0. The first-order valence-electron chi connectivity index (χ1n) is 9.25. The van der Waals surface area contributed by atoms with Crippen LogP contribution < -0.4 is 16.0 Å². The van der Waals surface area contributed by atoms with Gasteiger partial charge in [-0.05, 0) is 44.1 Å². The normalized spacial score (nSPS) is 15.8.